The summed E-state index contributed by atoms with van der Waals surface area (Å²) in [6, 6.07) is 14.0. The van der Waals surface area contributed by atoms with Crippen LogP contribution in [0.2, 0.25) is 0 Å². The number of benzene rings is 1. The van der Waals surface area contributed by atoms with E-state index in [2.05, 4.69) is 14.5 Å². The summed E-state index contributed by atoms with van der Waals surface area (Å²) in [5, 5.41) is 4.54. The Bertz CT molecular complexity index is 1310. The second-order valence-electron chi connectivity index (χ2n) is 7.79. The summed E-state index contributed by atoms with van der Waals surface area (Å²) in [6.45, 7) is 1.91. The number of fused-ring (bicyclic) bond motifs is 1. The fourth-order valence-electron chi connectivity index (χ4n) is 4.14. The molecule has 0 aliphatic carbocycles. The number of pyridine rings is 1. The molecule has 8 nitrogen and oxygen atoms in total. The molecule has 1 saturated heterocycles. The van der Waals surface area contributed by atoms with E-state index in [1.165, 1.54) is 4.68 Å². The van der Waals surface area contributed by atoms with Crippen molar-refractivity contribution in [3.63, 3.8) is 0 Å². The molecule has 0 spiro atoms. The minimum absolute atomic E-state index is 0.125. The molecule has 1 fully saturated rings. The Morgan fingerprint density at radius 3 is 2.48 bits per heavy atom. The van der Waals surface area contributed by atoms with Gasteiger partial charge in [-0.15, -0.1) is 4.40 Å². The summed E-state index contributed by atoms with van der Waals surface area (Å²) in [6.07, 6.45) is 5.06. The van der Waals surface area contributed by atoms with Crippen LogP contribution >= 0.6 is 0 Å². The summed E-state index contributed by atoms with van der Waals surface area (Å²) in [5.74, 6) is 0.812. The number of amidine groups is 1. The van der Waals surface area contributed by atoms with Crippen molar-refractivity contribution in [2.24, 2.45) is 10.3 Å². The van der Waals surface area contributed by atoms with Crippen LogP contribution in [0.25, 0.3) is 11.3 Å². The van der Waals surface area contributed by atoms with Crippen molar-refractivity contribution in [1.82, 2.24) is 19.7 Å². The predicted octanol–water partition coefficient (Wildman–Crippen LogP) is 2.17. The number of piperidine rings is 1. The molecule has 0 atom stereocenters. The minimum Gasteiger partial charge on any atom is -0.355 e. The molecule has 2 aliphatic heterocycles. The fourth-order valence-corrected chi connectivity index (χ4v) is 5.37. The SMILES string of the molecule is O=c1ccc(-c2ccncc2)nn1CC1CCN(C2=NS(=O)(=O)c3ccccc32)CC1. The maximum absolute atomic E-state index is 12.4. The summed E-state index contributed by atoms with van der Waals surface area (Å²) < 4.78 is 30.2. The van der Waals surface area contributed by atoms with Gasteiger partial charge in [-0.25, -0.2) is 4.68 Å². The molecule has 0 saturated carbocycles. The molecule has 5 rings (SSSR count). The van der Waals surface area contributed by atoms with Crippen LogP contribution in [0, 0.1) is 5.92 Å². The first kappa shape index (κ1) is 19.6. The van der Waals surface area contributed by atoms with E-state index in [0.717, 1.165) is 24.1 Å². The van der Waals surface area contributed by atoms with E-state index < -0.39 is 10.0 Å². The standard InChI is InChI=1S/C22H21N5O3S/c28-21-6-5-19(17-7-11-23-12-8-17)24-27(21)15-16-9-13-26(14-10-16)22-18-3-1-2-4-20(18)31(29,30)25-22/h1-8,11-12,16H,9-10,13-15H2. The zero-order valence-corrected chi connectivity index (χ0v) is 17.6. The first-order valence-corrected chi connectivity index (χ1v) is 11.6. The number of rotatable bonds is 3. The molecule has 1 aromatic carbocycles. The van der Waals surface area contributed by atoms with Gasteiger partial charge in [0.2, 0.25) is 0 Å². The number of hydrogen-bond donors (Lipinski definition) is 0. The van der Waals surface area contributed by atoms with Crippen LogP contribution in [-0.4, -0.2) is 47.0 Å². The summed E-state index contributed by atoms with van der Waals surface area (Å²) >= 11 is 0. The van der Waals surface area contributed by atoms with Crippen molar-refractivity contribution in [2.75, 3.05) is 13.1 Å². The Hall–Kier alpha value is -3.33. The predicted molar refractivity (Wildman–Crippen MR) is 116 cm³/mol. The molecule has 2 aromatic heterocycles. The van der Waals surface area contributed by atoms with E-state index in [9.17, 15) is 13.2 Å². The van der Waals surface area contributed by atoms with Crippen LogP contribution in [0.1, 0.15) is 18.4 Å². The molecule has 0 unspecified atom stereocenters. The lowest BCUT2D eigenvalue weighted by Crippen LogP contribution is -2.40. The van der Waals surface area contributed by atoms with Crippen LogP contribution in [0.4, 0.5) is 0 Å². The van der Waals surface area contributed by atoms with Gasteiger partial charge < -0.3 is 4.90 Å². The topological polar surface area (TPSA) is 97.5 Å². The largest absolute Gasteiger partial charge is 0.355 e. The zero-order chi connectivity index (χ0) is 21.4. The third kappa shape index (κ3) is 3.76. The molecule has 31 heavy (non-hydrogen) atoms. The Morgan fingerprint density at radius 2 is 1.71 bits per heavy atom. The molecule has 0 N–H and O–H groups in total. The summed E-state index contributed by atoms with van der Waals surface area (Å²) in [7, 11) is -3.62. The van der Waals surface area contributed by atoms with Crippen LogP contribution in [0.3, 0.4) is 0 Å². The highest BCUT2D eigenvalue weighted by Crippen LogP contribution is 2.30. The number of nitrogens with zero attached hydrogens (tertiary/aromatic N) is 5. The second-order valence-corrected chi connectivity index (χ2v) is 9.36. The Morgan fingerprint density at radius 1 is 0.968 bits per heavy atom. The van der Waals surface area contributed by atoms with Crippen LogP contribution in [0.5, 0.6) is 0 Å². The summed E-state index contributed by atoms with van der Waals surface area (Å²) in [5.41, 5.74) is 2.20. The van der Waals surface area contributed by atoms with Crippen molar-refractivity contribution in [1.29, 1.82) is 0 Å². The van der Waals surface area contributed by atoms with E-state index in [1.807, 2.05) is 23.1 Å². The van der Waals surface area contributed by atoms with Gasteiger partial charge in [-0.1, -0.05) is 12.1 Å². The molecule has 0 bridgehead atoms. The Labute approximate surface area is 180 Å². The third-order valence-electron chi connectivity index (χ3n) is 5.80. The van der Waals surface area contributed by atoms with Gasteiger partial charge in [0.1, 0.15) is 4.90 Å². The lowest BCUT2D eigenvalue weighted by Gasteiger charge is -2.33. The Balaban J connectivity index is 1.30. The summed E-state index contributed by atoms with van der Waals surface area (Å²) in [4.78, 5) is 18.7. The van der Waals surface area contributed by atoms with Gasteiger partial charge in [0.15, 0.2) is 5.84 Å². The third-order valence-corrected chi connectivity index (χ3v) is 7.13. The first-order chi connectivity index (χ1) is 15.0. The molecule has 4 heterocycles. The van der Waals surface area contributed by atoms with Crippen molar-refractivity contribution in [3.8, 4) is 11.3 Å². The van der Waals surface area contributed by atoms with Gasteiger partial charge in [-0.3, -0.25) is 9.78 Å². The van der Waals surface area contributed by atoms with Gasteiger partial charge >= 0.3 is 0 Å². The van der Waals surface area contributed by atoms with E-state index in [0.29, 0.717) is 31.0 Å². The lowest BCUT2D eigenvalue weighted by atomic mass is 9.96. The van der Waals surface area contributed by atoms with E-state index in [1.54, 1.807) is 42.7 Å². The zero-order valence-electron chi connectivity index (χ0n) is 16.8. The van der Waals surface area contributed by atoms with Crippen molar-refractivity contribution in [2.45, 2.75) is 24.3 Å². The average molecular weight is 436 g/mol. The molecule has 158 valence electrons. The van der Waals surface area contributed by atoms with Gasteiger partial charge in [-0.2, -0.15) is 13.5 Å². The van der Waals surface area contributed by atoms with E-state index >= 15 is 0 Å². The van der Waals surface area contributed by atoms with Gasteiger partial charge in [0, 0.05) is 49.2 Å². The molecule has 0 amide bonds. The second kappa shape index (κ2) is 7.73. The smallest absolute Gasteiger partial charge is 0.285 e. The fraction of sp³-hybridized carbons (Fsp3) is 0.273. The van der Waals surface area contributed by atoms with Gasteiger partial charge in [0.05, 0.1) is 5.69 Å². The van der Waals surface area contributed by atoms with Crippen molar-refractivity contribution < 1.29 is 8.42 Å². The normalized spacial score (nSPS) is 17.9. The van der Waals surface area contributed by atoms with E-state index in [4.69, 9.17) is 0 Å². The number of likely N-dealkylation sites (tertiary alicyclic amines) is 1. The molecular formula is C22H21N5O3S. The maximum atomic E-state index is 12.4. The number of aromatic nitrogens is 3. The van der Waals surface area contributed by atoms with Crippen molar-refractivity contribution in [3.05, 3.63) is 76.8 Å². The van der Waals surface area contributed by atoms with Crippen LogP contribution in [0.15, 0.2) is 75.0 Å². The van der Waals surface area contributed by atoms with Gasteiger partial charge in [0.25, 0.3) is 15.6 Å². The molecule has 0 radical (unpaired) electrons. The van der Waals surface area contributed by atoms with Gasteiger partial charge in [-0.05, 0) is 49.1 Å². The minimum atomic E-state index is -3.62. The quantitative estimate of drug-likeness (QED) is 0.625. The molecular weight excluding hydrogens is 414 g/mol. The van der Waals surface area contributed by atoms with Crippen LogP contribution < -0.4 is 5.56 Å². The number of sulfonamides is 1. The van der Waals surface area contributed by atoms with Crippen molar-refractivity contribution >= 4 is 15.9 Å². The maximum Gasteiger partial charge on any atom is 0.285 e. The monoisotopic (exact) mass is 435 g/mol. The highest BCUT2D eigenvalue weighted by molar-refractivity contribution is 7.90. The highest BCUT2D eigenvalue weighted by atomic mass is 32.2. The lowest BCUT2D eigenvalue weighted by molar-refractivity contribution is 0.238. The van der Waals surface area contributed by atoms with Crippen LogP contribution in [-0.2, 0) is 16.6 Å². The Kier molecular flexibility index (Phi) is 4.90. The molecule has 9 heteroatoms. The average Bonchev–Trinajstić information content (AvgIpc) is 3.07. The molecule has 3 aromatic rings. The molecule has 2 aliphatic rings. The van der Waals surface area contributed by atoms with E-state index in [-0.39, 0.29) is 16.4 Å². The number of hydrogen-bond acceptors (Lipinski definition) is 6. The first-order valence-electron chi connectivity index (χ1n) is 10.2. The highest BCUT2D eigenvalue weighted by Gasteiger charge is 2.33.